The van der Waals surface area contributed by atoms with Gasteiger partial charge in [0, 0.05) is 12.7 Å². The number of benzene rings is 1. The molecule has 14 heavy (non-hydrogen) atoms. The minimum atomic E-state index is 1.02. The SMILES string of the molecule is COc1sc(C)c(-c2ccccc2)[s+]1. The average molecular weight is 223 g/mol. The summed E-state index contributed by atoms with van der Waals surface area (Å²) in [7, 11) is 1.72. The Morgan fingerprint density at radius 2 is 1.93 bits per heavy atom. The van der Waals surface area contributed by atoms with Gasteiger partial charge in [0.05, 0.1) is 0 Å². The van der Waals surface area contributed by atoms with Crippen molar-refractivity contribution in [3.05, 3.63) is 35.2 Å². The molecule has 72 valence electrons. The van der Waals surface area contributed by atoms with Crippen LogP contribution in [0.25, 0.3) is 10.4 Å². The Morgan fingerprint density at radius 3 is 2.50 bits per heavy atom. The van der Waals surface area contributed by atoms with Crippen molar-refractivity contribution in [1.82, 2.24) is 0 Å². The Labute approximate surface area is 91.6 Å². The number of methoxy groups -OCH3 is 1. The van der Waals surface area contributed by atoms with E-state index in [4.69, 9.17) is 4.74 Å². The van der Waals surface area contributed by atoms with Crippen LogP contribution in [0.4, 0.5) is 0 Å². The minimum Gasteiger partial charge on any atom is -0.295 e. The van der Waals surface area contributed by atoms with E-state index in [-0.39, 0.29) is 0 Å². The van der Waals surface area contributed by atoms with Crippen LogP contribution in [0, 0.1) is 6.92 Å². The first-order chi connectivity index (χ1) is 6.81. The minimum absolute atomic E-state index is 1.02. The van der Waals surface area contributed by atoms with Gasteiger partial charge in [0.15, 0.2) is 4.88 Å². The first kappa shape index (κ1) is 9.77. The molecule has 0 spiro atoms. The number of hydrogen-bond donors (Lipinski definition) is 0. The summed E-state index contributed by atoms with van der Waals surface area (Å²) in [5.41, 5.74) is 1.27. The lowest BCUT2D eigenvalue weighted by Gasteiger charge is -1.90. The molecule has 0 saturated heterocycles. The van der Waals surface area contributed by atoms with Crippen molar-refractivity contribution < 1.29 is 4.74 Å². The van der Waals surface area contributed by atoms with Crippen LogP contribution in [0.15, 0.2) is 30.3 Å². The Morgan fingerprint density at radius 1 is 1.21 bits per heavy atom. The van der Waals surface area contributed by atoms with E-state index in [9.17, 15) is 0 Å². The van der Waals surface area contributed by atoms with Gasteiger partial charge in [-0.15, -0.1) is 0 Å². The third-order valence-electron chi connectivity index (χ3n) is 1.94. The molecule has 3 heteroatoms. The highest BCUT2D eigenvalue weighted by atomic mass is 32.2. The van der Waals surface area contributed by atoms with E-state index < -0.39 is 0 Å². The van der Waals surface area contributed by atoms with E-state index in [0.717, 1.165) is 4.38 Å². The molecule has 0 aliphatic heterocycles. The summed E-state index contributed by atoms with van der Waals surface area (Å²) in [5, 5.41) is 0. The molecule has 0 fully saturated rings. The van der Waals surface area contributed by atoms with Crippen molar-refractivity contribution in [2.24, 2.45) is 0 Å². The molecule has 0 unspecified atom stereocenters. The summed E-state index contributed by atoms with van der Waals surface area (Å²) in [6.07, 6.45) is 0. The predicted octanol–water partition coefficient (Wildman–Crippen LogP) is 4.07. The second-order valence-electron chi connectivity index (χ2n) is 2.91. The molecule has 0 bridgehead atoms. The van der Waals surface area contributed by atoms with E-state index in [1.165, 1.54) is 15.3 Å². The molecule has 0 N–H and O–H groups in total. The third kappa shape index (κ3) is 1.85. The first-order valence-corrected chi connectivity index (χ1v) is 5.97. The standard InChI is InChI=1S/C11H11OS2/c1-8-10(14-11(12-2)13-8)9-6-4-3-5-7-9/h3-7H,1-2H3/q+1. The fourth-order valence-corrected chi connectivity index (χ4v) is 3.52. The van der Waals surface area contributed by atoms with Crippen LogP contribution in [0.5, 0.6) is 4.38 Å². The number of aryl methyl sites for hydroxylation is 1. The predicted molar refractivity (Wildman–Crippen MR) is 63.3 cm³/mol. The van der Waals surface area contributed by atoms with Crippen LogP contribution in [-0.2, 0) is 0 Å². The van der Waals surface area contributed by atoms with Gasteiger partial charge in [-0.3, -0.25) is 4.74 Å². The van der Waals surface area contributed by atoms with Gasteiger partial charge in [-0.2, -0.15) is 0 Å². The molecular formula is C11H11OS2+. The number of rotatable bonds is 2. The first-order valence-electron chi connectivity index (χ1n) is 4.34. The Balaban J connectivity index is 2.46. The van der Waals surface area contributed by atoms with E-state index in [1.807, 2.05) is 6.07 Å². The van der Waals surface area contributed by atoms with Crippen LogP contribution in [0.2, 0.25) is 0 Å². The quantitative estimate of drug-likeness (QED) is 0.697. The molecule has 0 radical (unpaired) electrons. The van der Waals surface area contributed by atoms with Crippen molar-refractivity contribution in [3.8, 4) is 14.8 Å². The van der Waals surface area contributed by atoms with E-state index in [2.05, 4.69) is 31.2 Å². The van der Waals surface area contributed by atoms with Gasteiger partial charge in [0.1, 0.15) is 27.6 Å². The zero-order valence-electron chi connectivity index (χ0n) is 8.11. The van der Waals surface area contributed by atoms with E-state index >= 15 is 0 Å². The molecule has 0 atom stereocenters. The highest BCUT2D eigenvalue weighted by Crippen LogP contribution is 2.40. The van der Waals surface area contributed by atoms with Crippen LogP contribution >= 0.6 is 22.7 Å². The summed E-state index contributed by atoms with van der Waals surface area (Å²) in [6.45, 7) is 2.13. The lowest BCUT2D eigenvalue weighted by Crippen LogP contribution is -1.72. The highest BCUT2D eigenvalue weighted by Gasteiger charge is 2.20. The van der Waals surface area contributed by atoms with Crippen molar-refractivity contribution in [2.75, 3.05) is 7.11 Å². The second kappa shape index (κ2) is 4.17. The molecule has 2 rings (SSSR count). The Bertz CT molecular complexity index is 420. The molecule has 2 aromatic rings. The molecule has 0 amide bonds. The molecule has 1 nitrogen and oxygen atoms in total. The van der Waals surface area contributed by atoms with Crippen LogP contribution in [0.3, 0.4) is 0 Å². The molecule has 1 aromatic carbocycles. The average Bonchev–Trinajstić information content (AvgIpc) is 2.61. The van der Waals surface area contributed by atoms with Gasteiger partial charge in [0.2, 0.25) is 0 Å². The lowest BCUT2D eigenvalue weighted by atomic mass is 10.2. The van der Waals surface area contributed by atoms with Gasteiger partial charge < -0.3 is 0 Å². The zero-order valence-corrected chi connectivity index (χ0v) is 9.74. The molecule has 1 heterocycles. The zero-order chi connectivity index (χ0) is 9.97. The van der Waals surface area contributed by atoms with Gasteiger partial charge in [-0.05, 0) is 6.92 Å². The maximum Gasteiger partial charge on any atom is 0.393 e. The maximum atomic E-state index is 5.23. The van der Waals surface area contributed by atoms with Crippen molar-refractivity contribution in [3.63, 3.8) is 0 Å². The maximum absolute atomic E-state index is 5.23. The number of ether oxygens (including phenoxy) is 1. The molecule has 1 aromatic heterocycles. The summed E-state index contributed by atoms with van der Waals surface area (Å²) in [5.74, 6) is 0. The number of hydrogen-bond acceptors (Lipinski definition) is 2. The summed E-state index contributed by atoms with van der Waals surface area (Å²) < 4.78 is 6.25. The summed E-state index contributed by atoms with van der Waals surface area (Å²) >= 11 is 3.41. The van der Waals surface area contributed by atoms with Gasteiger partial charge in [-0.25, -0.2) is 0 Å². The van der Waals surface area contributed by atoms with Gasteiger partial charge in [-0.1, -0.05) is 30.3 Å². The van der Waals surface area contributed by atoms with Crippen LogP contribution in [-0.4, -0.2) is 7.11 Å². The fourth-order valence-electron chi connectivity index (χ4n) is 1.28. The largest absolute Gasteiger partial charge is 0.393 e. The van der Waals surface area contributed by atoms with E-state index in [1.54, 1.807) is 29.8 Å². The third-order valence-corrected chi connectivity index (χ3v) is 4.50. The smallest absolute Gasteiger partial charge is 0.295 e. The van der Waals surface area contributed by atoms with Gasteiger partial charge >= 0.3 is 4.38 Å². The molecule has 0 aliphatic rings. The lowest BCUT2D eigenvalue weighted by molar-refractivity contribution is 0.438. The Kier molecular flexibility index (Phi) is 2.91. The molecule has 0 aliphatic carbocycles. The topological polar surface area (TPSA) is 9.23 Å². The second-order valence-corrected chi connectivity index (χ2v) is 5.34. The molecule has 0 saturated carbocycles. The highest BCUT2D eigenvalue weighted by molar-refractivity contribution is 7.36. The van der Waals surface area contributed by atoms with Crippen molar-refractivity contribution in [2.45, 2.75) is 6.92 Å². The van der Waals surface area contributed by atoms with Gasteiger partial charge in [0.25, 0.3) is 0 Å². The Hall–Kier alpha value is -0.770. The molecular weight excluding hydrogens is 212 g/mol. The van der Waals surface area contributed by atoms with Crippen molar-refractivity contribution >= 4 is 22.7 Å². The van der Waals surface area contributed by atoms with E-state index in [0.29, 0.717) is 0 Å². The van der Waals surface area contributed by atoms with Crippen molar-refractivity contribution in [1.29, 1.82) is 0 Å². The fraction of sp³-hybridized carbons (Fsp3) is 0.182. The monoisotopic (exact) mass is 223 g/mol. The normalized spacial score (nSPS) is 10.4. The summed E-state index contributed by atoms with van der Waals surface area (Å²) in [4.78, 5) is 2.63. The summed E-state index contributed by atoms with van der Waals surface area (Å²) in [6, 6.07) is 10.4. The van der Waals surface area contributed by atoms with Crippen LogP contribution < -0.4 is 4.74 Å². The van der Waals surface area contributed by atoms with Crippen LogP contribution in [0.1, 0.15) is 4.88 Å².